The molecule has 0 fully saturated rings. The lowest BCUT2D eigenvalue weighted by atomic mass is 9.85. The summed E-state index contributed by atoms with van der Waals surface area (Å²) in [5.41, 5.74) is 13.6. The number of para-hydroxylation sites is 2. The Morgan fingerprint density at radius 2 is 1.55 bits per heavy atom. The van der Waals surface area contributed by atoms with Crippen LogP contribution in [0.4, 0.5) is 0 Å². The number of nitrogens with two attached hydrogens (primary N) is 1. The fraction of sp³-hybridized carbons (Fsp3) is 0.0541. The molecule has 1 aliphatic carbocycles. The molecule has 0 bridgehead atoms. The van der Waals surface area contributed by atoms with Crippen molar-refractivity contribution in [1.29, 1.82) is 5.41 Å². The number of fused-ring (bicyclic) bond motifs is 9. The molecule has 0 saturated heterocycles. The topological polar surface area (TPSA) is 64.0 Å². The van der Waals surface area contributed by atoms with E-state index in [1.54, 1.807) is 0 Å². The highest BCUT2D eigenvalue weighted by Gasteiger charge is 2.35. The van der Waals surface area contributed by atoms with Crippen molar-refractivity contribution in [2.24, 2.45) is 5.73 Å². The van der Waals surface area contributed by atoms with E-state index in [4.69, 9.17) is 15.9 Å². The molecule has 2 aromatic heterocycles. The highest BCUT2D eigenvalue weighted by molar-refractivity contribution is 7.25. The molecule has 0 amide bonds. The van der Waals surface area contributed by atoms with Crippen LogP contribution in [0.25, 0.3) is 53.2 Å². The zero-order valence-corrected chi connectivity index (χ0v) is 23.4. The molecule has 2 aliphatic rings. The van der Waals surface area contributed by atoms with Crippen LogP contribution in [0.5, 0.6) is 5.75 Å². The second-order valence-corrected chi connectivity index (χ2v) is 12.2. The molecular formula is C37H25N3OS. The molecule has 3 heterocycles. The lowest BCUT2D eigenvalue weighted by Crippen LogP contribution is -2.19. The van der Waals surface area contributed by atoms with Crippen LogP contribution in [0.15, 0.2) is 121 Å². The van der Waals surface area contributed by atoms with Crippen LogP contribution >= 0.6 is 11.3 Å². The summed E-state index contributed by atoms with van der Waals surface area (Å²) >= 11 is 1.84. The summed E-state index contributed by atoms with van der Waals surface area (Å²) in [7, 11) is 0. The van der Waals surface area contributed by atoms with Crippen molar-refractivity contribution in [2.75, 3.05) is 0 Å². The largest absolute Gasteiger partial charge is 0.485 e. The van der Waals surface area contributed by atoms with Gasteiger partial charge in [-0.25, -0.2) is 0 Å². The molecule has 7 aromatic rings. The number of nitrogen functional groups attached to an aromatic ring is 1. The maximum atomic E-state index is 8.02. The summed E-state index contributed by atoms with van der Waals surface area (Å²) in [6.45, 7) is 0. The minimum atomic E-state index is -0.107. The van der Waals surface area contributed by atoms with E-state index < -0.39 is 0 Å². The zero-order valence-electron chi connectivity index (χ0n) is 22.5. The maximum Gasteiger partial charge on any atom is 0.128 e. The van der Waals surface area contributed by atoms with Gasteiger partial charge in [0.1, 0.15) is 17.7 Å². The van der Waals surface area contributed by atoms with Crippen LogP contribution in [0.3, 0.4) is 0 Å². The van der Waals surface area contributed by atoms with E-state index in [-0.39, 0.29) is 17.9 Å². The first-order chi connectivity index (χ1) is 20.6. The number of allylic oxidation sites excluding steroid dienone is 2. The third-order valence-electron chi connectivity index (χ3n) is 8.76. The van der Waals surface area contributed by atoms with Gasteiger partial charge in [0, 0.05) is 53.7 Å². The Bertz CT molecular complexity index is 2280. The molecule has 1 aliphatic heterocycles. The molecule has 2 unspecified atom stereocenters. The predicted octanol–water partition coefficient (Wildman–Crippen LogP) is 8.93. The standard InChI is InChI=1S/C37H25N3OS/c38-37(39)28-8-5-11-32-36(28)27-15-12-22(19-33(27)41-32)21-13-17-34-29(18-21)26-16-14-23(20-35(26)42-34)40-30-9-3-1-6-24(30)25-7-2-4-10-31(25)40/h1-20,27,33H,(H3,38,39). The Balaban J connectivity index is 1.12. The third kappa shape index (κ3) is 3.31. The fourth-order valence-electron chi connectivity index (χ4n) is 6.87. The van der Waals surface area contributed by atoms with Gasteiger partial charge in [0.15, 0.2) is 0 Å². The molecule has 42 heavy (non-hydrogen) atoms. The van der Waals surface area contributed by atoms with Crippen LogP contribution in [-0.2, 0) is 0 Å². The number of ether oxygens (including phenoxy) is 1. The van der Waals surface area contributed by atoms with E-state index in [1.807, 2.05) is 29.5 Å². The minimum absolute atomic E-state index is 0.0637. The lowest BCUT2D eigenvalue weighted by Gasteiger charge is -2.19. The zero-order chi connectivity index (χ0) is 27.9. The highest BCUT2D eigenvalue weighted by atomic mass is 32.1. The Labute approximate surface area is 246 Å². The van der Waals surface area contributed by atoms with Gasteiger partial charge < -0.3 is 15.0 Å². The SMILES string of the molecule is N=C(N)c1cccc2c1C1C=CC(c3ccc4sc5cc(-n6c7ccccc7c7ccccc76)ccc5c4c3)=CC1O2. The number of aromatic nitrogens is 1. The molecule has 0 saturated carbocycles. The van der Waals surface area contributed by atoms with Gasteiger partial charge in [0.25, 0.3) is 0 Å². The van der Waals surface area contributed by atoms with Gasteiger partial charge in [0.2, 0.25) is 0 Å². The van der Waals surface area contributed by atoms with E-state index in [1.165, 1.54) is 53.2 Å². The summed E-state index contributed by atoms with van der Waals surface area (Å²) in [6, 6.07) is 36.7. The summed E-state index contributed by atoms with van der Waals surface area (Å²) in [6.07, 6.45) is 6.49. The Morgan fingerprint density at radius 1 is 0.762 bits per heavy atom. The van der Waals surface area contributed by atoms with Gasteiger partial charge in [-0.2, -0.15) is 0 Å². The smallest absolute Gasteiger partial charge is 0.128 e. The molecular weight excluding hydrogens is 534 g/mol. The number of hydrogen-bond donors (Lipinski definition) is 2. The summed E-state index contributed by atoms with van der Waals surface area (Å²) in [5, 5.41) is 13.1. The van der Waals surface area contributed by atoms with Crippen LogP contribution < -0.4 is 10.5 Å². The normalized spacial score (nSPS) is 17.5. The first-order valence-electron chi connectivity index (χ1n) is 14.1. The molecule has 5 heteroatoms. The number of nitrogens with one attached hydrogen (secondary N) is 1. The Hall–Kier alpha value is -5.13. The van der Waals surface area contributed by atoms with Crippen molar-refractivity contribution in [1.82, 2.24) is 4.57 Å². The first kappa shape index (κ1) is 23.6. The first-order valence-corrected chi connectivity index (χ1v) is 14.9. The third-order valence-corrected chi connectivity index (χ3v) is 9.89. The molecule has 4 nitrogen and oxygen atoms in total. The Morgan fingerprint density at radius 3 is 2.33 bits per heavy atom. The maximum absolute atomic E-state index is 8.02. The summed E-state index contributed by atoms with van der Waals surface area (Å²) in [5.74, 6) is 0.961. The average Bonchev–Trinajstić information content (AvgIpc) is 3.69. The van der Waals surface area contributed by atoms with Crippen LogP contribution in [-0.4, -0.2) is 16.5 Å². The van der Waals surface area contributed by atoms with E-state index in [0.29, 0.717) is 0 Å². The Kier molecular flexibility index (Phi) is 4.87. The van der Waals surface area contributed by atoms with Crippen LogP contribution in [0.2, 0.25) is 0 Å². The molecule has 2 atom stereocenters. The van der Waals surface area contributed by atoms with Crippen molar-refractivity contribution >= 4 is 64.7 Å². The number of nitrogens with zero attached hydrogens (tertiary/aromatic N) is 1. The second kappa shape index (κ2) is 8.68. The minimum Gasteiger partial charge on any atom is -0.485 e. The number of amidine groups is 1. The van der Waals surface area contributed by atoms with Crippen molar-refractivity contribution in [3.05, 3.63) is 138 Å². The van der Waals surface area contributed by atoms with Crippen LogP contribution in [0.1, 0.15) is 22.6 Å². The fourth-order valence-corrected chi connectivity index (χ4v) is 7.99. The second-order valence-electron chi connectivity index (χ2n) is 11.1. The number of thiophene rings is 1. The average molecular weight is 560 g/mol. The number of hydrogen-bond acceptors (Lipinski definition) is 3. The lowest BCUT2D eigenvalue weighted by molar-refractivity contribution is 0.269. The van der Waals surface area contributed by atoms with E-state index in [2.05, 4.69) is 108 Å². The van der Waals surface area contributed by atoms with Gasteiger partial charge >= 0.3 is 0 Å². The molecule has 200 valence electrons. The number of benzene rings is 5. The molecule has 0 radical (unpaired) electrons. The molecule has 0 spiro atoms. The summed E-state index contributed by atoms with van der Waals surface area (Å²) in [4.78, 5) is 0. The monoisotopic (exact) mass is 559 g/mol. The molecule has 5 aromatic carbocycles. The van der Waals surface area contributed by atoms with Gasteiger partial charge in [-0.15, -0.1) is 11.3 Å². The quantitative estimate of drug-likeness (QED) is 0.168. The van der Waals surface area contributed by atoms with E-state index >= 15 is 0 Å². The molecule has 9 rings (SSSR count). The van der Waals surface area contributed by atoms with Crippen molar-refractivity contribution in [2.45, 2.75) is 12.0 Å². The van der Waals surface area contributed by atoms with Gasteiger partial charge in [-0.05, 0) is 59.7 Å². The van der Waals surface area contributed by atoms with Gasteiger partial charge in [-0.1, -0.05) is 72.8 Å². The van der Waals surface area contributed by atoms with E-state index in [9.17, 15) is 0 Å². The predicted molar refractivity (Wildman–Crippen MR) is 175 cm³/mol. The van der Waals surface area contributed by atoms with Crippen molar-refractivity contribution in [3.8, 4) is 11.4 Å². The summed E-state index contributed by atoms with van der Waals surface area (Å²) < 4.78 is 11.3. The van der Waals surface area contributed by atoms with Crippen molar-refractivity contribution in [3.63, 3.8) is 0 Å². The van der Waals surface area contributed by atoms with Gasteiger partial charge in [-0.3, -0.25) is 5.41 Å². The van der Waals surface area contributed by atoms with Crippen molar-refractivity contribution < 1.29 is 4.74 Å². The van der Waals surface area contributed by atoms with Gasteiger partial charge in [0.05, 0.1) is 11.0 Å². The number of rotatable bonds is 3. The van der Waals surface area contributed by atoms with Crippen LogP contribution in [0, 0.1) is 5.41 Å². The molecule has 3 N–H and O–H groups in total. The van der Waals surface area contributed by atoms with E-state index in [0.717, 1.165) is 22.4 Å². The highest BCUT2D eigenvalue weighted by Crippen LogP contribution is 2.45.